The Morgan fingerprint density at radius 1 is 1.17 bits per heavy atom. The zero-order valence-electron chi connectivity index (χ0n) is 16.7. The van der Waals surface area contributed by atoms with Crippen LogP contribution in [-0.4, -0.2) is 58.8 Å². The molecule has 0 unspecified atom stereocenters. The van der Waals surface area contributed by atoms with Gasteiger partial charge in [0.25, 0.3) is 17.7 Å². The highest BCUT2D eigenvalue weighted by atomic mass is 32.2. The van der Waals surface area contributed by atoms with Crippen LogP contribution in [-0.2, 0) is 14.3 Å². The van der Waals surface area contributed by atoms with Gasteiger partial charge >= 0.3 is 5.97 Å². The zero-order chi connectivity index (χ0) is 21.0. The van der Waals surface area contributed by atoms with E-state index in [9.17, 15) is 19.2 Å². The molecule has 156 valence electrons. The van der Waals surface area contributed by atoms with Gasteiger partial charge in [0, 0.05) is 6.04 Å². The first-order chi connectivity index (χ1) is 13.9. The minimum Gasteiger partial charge on any atom is -0.451 e. The minimum atomic E-state index is -1.06. The normalized spacial score (nSPS) is 18.5. The molecule has 1 aliphatic heterocycles. The molecule has 0 radical (unpaired) electrons. The third kappa shape index (κ3) is 4.63. The van der Waals surface area contributed by atoms with Crippen LogP contribution in [0.5, 0.6) is 0 Å². The van der Waals surface area contributed by atoms with E-state index in [4.69, 9.17) is 4.74 Å². The highest BCUT2D eigenvalue weighted by Gasteiger charge is 2.43. The molecule has 0 aromatic heterocycles. The molecule has 7 nitrogen and oxygen atoms in total. The Morgan fingerprint density at radius 3 is 2.31 bits per heavy atom. The predicted molar refractivity (Wildman–Crippen MR) is 110 cm³/mol. The summed E-state index contributed by atoms with van der Waals surface area (Å²) >= 11 is 1.50. The summed E-state index contributed by atoms with van der Waals surface area (Å²) in [5.41, 5.74) is 0.568. The van der Waals surface area contributed by atoms with Crippen LogP contribution < -0.4 is 5.32 Å². The van der Waals surface area contributed by atoms with Crippen LogP contribution in [0, 0.1) is 0 Å². The maximum absolute atomic E-state index is 12.9. The van der Waals surface area contributed by atoms with Crippen molar-refractivity contribution in [3.8, 4) is 0 Å². The molecule has 3 amide bonds. The average molecular weight is 419 g/mol. The van der Waals surface area contributed by atoms with Gasteiger partial charge in [0.05, 0.1) is 11.1 Å². The van der Waals surface area contributed by atoms with Crippen molar-refractivity contribution in [1.29, 1.82) is 0 Å². The number of nitrogens with zero attached hydrogens (tertiary/aromatic N) is 1. The second-order valence-electron chi connectivity index (χ2n) is 7.39. The van der Waals surface area contributed by atoms with Gasteiger partial charge in [0.15, 0.2) is 6.10 Å². The zero-order valence-corrected chi connectivity index (χ0v) is 17.5. The van der Waals surface area contributed by atoms with Crippen molar-refractivity contribution in [1.82, 2.24) is 10.2 Å². The molecule has 1 saturated carbocycles. The van der Waals surface area contributed by atoms with Crippen LogP contribution >= 0.6 is 11.8 Å². The third-order valence-corrected chi connectivity index (χ3v) is 6.01. The van der Waals surface area contributed by atoms with Gasteiger partial charge in [-0.25, -0.2) is 4.79 Å². The van der Waals surface area contributed by atoms with E-state index in [1.807, 2.05) is 6.26 Å². The Labute approximate surface area is 174 Å². The van der Waals surface area contributed by atoms with Crippen molar-refractivity contribution >= 4 is 35.5 Å². The number of rotatable bonds is 8. The number of carbonyl (C=O) groups excluding carboxylic acids is 4. The Hall–Kier alpha value is -2.35. The lowest BCUT2D eigenvalue weighted by Crippen LogP contribution is -2.48. The molecule has 1 fully saturated rings. The standard InChI is InChI=1S/C21H26N2O5S/c1-13(18(24)22-14-7-3-4-8-14)28-21(27)17(11-12-29-2)23-19(25)15-9-5-6-10-16(15)20(23)26/h5-6,9-10,13-14,17H,3-4,7-8,11-12H2,1-2H3,(H,22,24)/t13-,17-/m0/s1. The molecule has 29 heavy (non-hydrogen) atoms. The van der Waals surface area contributed by atoms with Crippen LogP contribution in [0.25, 0.3) is 0 Å². The van der Waals surface area contributed by atoms with Crippen LogP contribution in [0.3, 0.4) is 0 Å². The summed E-state index contributed by atoms with van der Waals surface area (Å²) < 4.78 is 5.38. The van der Waals surface area contributed by atoms with Crippen LogP contribution in [0.15, 0.2) is 24.3 Å². The number of hydrogen-bond donors (Lipinski definition) is 1. The third-order valence-electron chi connectivity index (χ3n) is 5.37. The van der Waals surface area contributed by atoms with Crippen molar-refractivity contribution in [3.63, 3.8) is 0 Å². The van der Waals surface area contributed by atoms with Gasteiger partial charge in [-0.05, 0) is 50.3 Å². The lowest BCUT2D eigenvalue weighted by atomic mass is 10.1. The van der Waals surface area contributed by atoms with Crippen molar-refractivity contribution in [2.45, 2.75) is 57.2 Å². The fourth-order valence-corrected chi connectivity index (χ4v) is 4.23. The maximum Gasteiger partial charge on any atom is 0.330 e. The van der Waals surface area contributed by atoms with Gasteiger partial charge in [-0.1, -0.05) is 25.0 Å². The Morgan fingerprint density at radius 2 is 1.76 bits per heavy atom. The van der Waals surface area contributed by atoms with Gasteiger partial charge < -0.3 is 10.1 Å². The Bertz CT molecular complexity index is 771. The number of carbonyl (C=O) groups is 4. The van der Waals surface area contributed by atoms with Crippen molar-refractivity contribution in [2.75, 3.05) is 12.0 Å². The van der Waals surface area contributed by atoms with Crippen LogP contribution in [0.4, 0.5) is 0 Å². The van der Waals surface area contributed by atoms with E-state index in [1.165, 1.54) is 18.7 Å². The first kappa shape index (κ1) is 21.4. The molecule has 0 saturated heterocycles. The van der Waals surface area contributed by atoms with E-state index in [0.717, 1.165) is 30.6 Å². The summed E-state index contributed by atoms with van der Waals surface area (Å²) in [5, 5.41) is 2.90. The molecule has 1 aromatic rings. The minimum absolute atomic E-state index is 0.118. The lowest BCUT2D eigenvalue weighted by Gasteiger charge is -2.26. The molecule has 0 bridgehead atoms. The number of imide groups is 1. The fraction of sp³-hybridized carbons (Fsp3) is 0.524. The molecular formula is C21H26N2O5S. The highest BCUT2D eigenvalue weighted by molar-refractivity contribution is 7.98. The summed E-state index contributed by atoms with van der Waals surface area (Å²) in [4.78, 5) is 51.8. The maximum atomic E-state index is 12.9. The fourth-order valence-electron chi connectivity index (χ4n) is 3.77. The van der Waals surface area contributed by atoms with Crippen molar-refractivity contribution < 1.29 is 23.9 Å². The number of thioether (sulfide) groups is 1. The van der Waals surface area contributed by atoms with E-state index in [0.29, 0.717) is 5.75 Å². The Kier molecular flexibility index (Phi) is 6.95. The summed E-state index contributed by atoms with van der Waals surface area (Å²) in [5.74, 6) is -1.53. The molecule has 0 spiro atoms. The molecule has 1 heterocycles. The number of ether oxygens (including phenoxy) is 1. The average Bonchev–Trinajstić information content (AvgIpc) is 3.30. The first-order valence-electron chi connectivity index (χ1n) is 9.90. The molecule has 1 N–H and O–H groups in total. The summed E-state index contributed by atoms with van der Waals surface area (Å²) in [7, 11) is 0. The largest absolute Gasteiger partial charge is 0.451 e. The predicted octanol–water partition coefficient (Wildman–Crippen LogP) is 2.39. The van der Waals surface area contributed by atoms with Gasteiger partial charge in [-0.15, -0.1) is 0 Å². The number of nitrogens with one attached hydrogen (secondary N) is 1. The number of benzene rings is 1. The second kappa shape index (κ2) is 9.43. The van der Waals surface area contributed by atoms with Gasteiger partial charge in [-0.3, -0.25) is 19.3 Å². The van der Waals surface area contributed by atoms with Gasteiger partial charge in [0.2, 0.25) is 0 Å². The summed E-state index contributed by atoms with van der Waals surface area (Å²) in [6.07, 6.45) is 5.17. The van der Waals surface area contributed by atoms with E-state index in [-0.39, 0.29) is 29.5 Å². The topological polar surface area (TPSA) is 92.8 Å². The van der Waals surface area contributed by atoms with Gasteiger partial charge in [0.1, 0.15) is 6.04 Å². The van der Waals surface area contributed by atoms with Crippen LogP contribution in [0.2, 0.25) is 0 Å². The second-order valence-corrected chi connectivity index (χ2v) is 8.38. The van der Waals surface area contributed by atoms with E-state index >= 15 is 0 Å². The smallest absolute Gasteiger partial charge is 0.330 e. The van der Waals surface area contributed by atoms with E-state index in [1.54, 1.807) is 24.3 Å². The Balaban J connectivity index is 1.71. The molecule has 2 atom stereocenters. The highest BCUT2D eigenvalue weighted by Crippen LogP contribution is 2.27. The number of esters is 1. The first-order valence-corrected chi connectivity index (χ1v) is 11.3. The van der Waals surface area contributed by atoms with E-state index in [2.05, 4.69) is 5.32 Å². The molecule has 1 aliphatic carbocycles. The SMILES string of the molecule is CSCC[C@@H](C(=O)O[C@@H](C)C(=O)NC1CCCC1)N1C(=O)c2ccccc2C1=O. The molecule has 1 aromatic carbocycles. The number of fused-ring (bicyclic) bond motifs is 1. The summed E-state index contributed by atoms with van der Waals surface area (Å²) in [6, 6.07) is 5.56. The molecule has 2 aliphatic rings. The molecule has 3 rings (SSSR count). The number of hydrogen-bond acceptors (Lipinski definition) is 6. The van der Waals surface area contributed by atoms with Crippen molar-refractivity contribution in [2.24, 2.45) is 0 Å². The quantitative estimate of drug-likeness (QED) is 0.515. The van der Waals surface area contributed by atoms with Crippen LogP contribution in [0.1, 0.15) is 59.7 Å². The molecule has 8 heteroatoms. The number of amides is 3. The summed E-state index contributed by atoms with van der Waals surface area (Å²) in [6.45, 7) is 1.51. The molecular weight excluding hydrogens is 392 g/mol. The lowest BCUT2D eigenvalue weighted by molar-refractivity contribution is -0.158. The van der Waals surface area contributed by atoms with Gasteiger partial charge in [-0.2, -0.15) is 11.8 Å². The van der Waals surface area contributed by atoms with E-state index < -0.39 is 29.9 Å². The monoisotopic (exact) mass is 418 g/mol. The van der Waals surface area contributed by atoms with Crippen molar-refractivity contribution in [3.05, 3.63) is 35.4 Å².